The summed E-state index contributed by atoms with van der Waals surface area (Å²) >= 11 is 0. The molecule has 2 nitrogen and oxygen atoms in total. The Labute approximate surface area is 275 Å². The summed E-state index contributed by atoms with van der Waals surface area (Å²) in [5.41, 5.74) is 11.6. The summed E-state index contributed by atoms with van der Waals surface area (Å²) in [5, 5.41) is 6.02. The molecule has 4 aromatic carbocycles. The van der Waals surface area contributed by atoms with Crippen molar-refractivity contribution in [1.29, 1.82) is 0 Å². The van der Waals surface area contributed by atoms with Gasteiger partial charge in [-0.1, -0.05) is 72.0 Å². The molecular formula is C41H52O2P2. The van der Waals surface area contributed by atoms with Crippen LogP contribution in [0.3, 0.4) is 0 Å². The van der Waals surface area contributed by atoms with Crippen LogP contribution >= 0.6 is 15.8 Å². The van der Waals surface area contributed by atoms with Crippen molar-refractivity contribution in [1.82, 2.24) is 0 Å². The molecular weight excluding hydrogens is 586 g/mol. The zero-order valence-corrected chi connectivity index (χ0v) is 31.1. The summed E-state index contributed by atoms with van der Waals surface area (Å²) in [6, 6.07) is 24.3. The summed E-state index contributed by atoms with van der Waals surface area (Å²) in [7, 11) is 2.43. The summed E-state index contributed by atoms with van der Waals surface area (Å²) in [6.45, 7) is 20.5. The summed E-state index contributed by atoms with van der Waals surface area (Å²) in [5.74, 6) is 2.66. The van der Waals surface area contributed by atoms with E-state index >= 15 is 0 Å². The Kier molecular flexibility index (Phi) is 10.5. The molecule has 45 heavy (non-hydrogen) atoms. The second-order valence-electron chi connectivity index (χ2n) is 13.6. The molecule has 238 valence electrons. The van der Waals surface area contributed by atoms with Crippen LogP contribution in [0, 0.1) is 61.3 Å². The van der Waals surface area contributed by atoms with Gasteiger partial charge in [0.2, 0.25) is 0 Å². The molecule has 4 heteroatoms. The van der Waals surface area contributed by atoms with Gasteiger partial charge in [-0.05, 0) is 169 Å². The van der Waals surface area contributed by atoms with Crippen LogP contribution < -0.4 is 30.7 Å². The molecule has 0 aromatic heterocycles. The average molecular weight is 639 g/mol. The van der Waals surface area contributed by atoms with Crippen LogP contribution in [0.25, 0.3) is 0 Å². The minimum atomic E-state index is -0.612. The Morgan fingerprint density at radius 3 is 1.27 bits per heavy atom. The van der Waals surface area contributed by atoms with Gasteiger partial charge in [0.15, 0.2) is 0 Å². The van der Waals surface area contributed by atoms with Gasteiger partial charge in [-0.2, -0.15) is 0 Å². The molecule has 0 spiro atoms. The molecule has 0 amide bonds. The number of aryl methyl sites for hydroxylation is 8. The van der Waals surface area contributed by atoms with E-state index in [-0.39, 0.29) is 0 Å². The molecule has 0 N–H and O–H groups in total. The summed E-state index contributed by atoms with van der Waals surface area (Å²) in [6.07, 6.45) is 3.86. The predicted molar refractivity (Wildman–Crippen MR) is 200 cm³/mol. The number of hydrogen-bond acceptors (Lipinski definition) is 2. The normalized spacial score (nSPS) is 17.3. The first-order chi connectivity index (χ1) is 21.4. The third-order valence-electron chi connectivity index (χ3n) is 9.71. The van der Waals surface area contributed by atoms with E-state index in [1.54, 1.807) is 14.2 Å². The molecule has 2 unspecified atom stereocenters. The molecule has 1 saturated carbocycles. The molecule has 3 atom stereocenters. The van der Waals surface area contributed by atoms with Gasteiger partial charge in [-0.15, -0.1) is 0 Å². The third-order valence-corrected chi connectivity index (χ3v) is 15.5. The van der Waals surface area contributed by atoms with E-state index in [4.69, 9.17) is 9.47 Å². The Balaban J connectivity index is 1.68. The topological polar surface area (TPSA) is 18.5 Å². The van der Waals surface area contributed by atoms with E-state index in [9.17, 15) is 0 Å². The van der Waals surface area contributed by atoms with Crippen LogP contribution in [0.4, 0.5) is 0 Å². The minimum absolute atomic E-state index is 0.547. The van der Waals surface area contributed by atoms with Crippen molar-refractivity contribution in [2.24, 2.45) is 5.92 Å². The smallest absolute Gasteiger partial charge is 0.124 e. The Morgan fingerprint density at radius 2 is 0.911 bits per heavy atom. The quantitative estimate of drug-likeness (QED) is 0.170. The molecule has 1 fully saturated rings. The molecule has 0 heterocycles. The number of rotatable bonds is 9. The first-order valence-corrected chi connectivity index (χ1v) is 19.3. The lowest BCUT2D eigenvalue weighted by atomic mass is 10.0. The monoisotopic (exact) mass is 638 g/mol. The molecule has 4 aromatic rings. The van der Waals surface area contributed by atoms with E-state index < -0.39 is 15.8 Å². The Bertz CT molecular complexity index is 1490. The SMILES string of the molecule is COc1c(C)cc(P(c2cc(C)c(OC)c(C)c2)C2CCCC2[C@H](C)P(c2cc(C)cc(C)c2)c2cc(C)cc(C)c2)cc1C. The van der Waals surface area contributed by atoms with Crippen molar-refractivity contribution in [3.63, 3.8) is 0 Å². The van der Waals surface area contributed by atoms with Crippen molar-refractivity contribution >= 4 is 37.1 Å². The standard InChI is InChI=1S/C41H52O2P2/c1-25-15-26(2)18-34(17-25)44(35-19-27(3)16-28(4)20-35)33(9)38-13-12-14-39(38)45(36-21-29(5)40(42-10)30(6)22-36)37-23-31(7)41(43-11)32(8)24-37/h15-24,33,38-39H,12-14H2,1-11H3/t33-,38?,39?/m0/s1. The lowest BCUT2D eigenvalue weighted by Crippen LogP contribution is -2.33. The fourth-order valence-corrected chi connectivity index (χ4v) is 15.3. The van der Waals surface area contributed by atoms with Crippen molar-refractivity contribution in [3.05, 3.63) is 105 Å². The summed E-state index contributed by atoms with van der Waals surface area (Å²) in [4.78, 5) is 0. The second kappa shape index (κ2) is 14.0. The average Bonchev–Trinajstić information content (AvgIpc) is 3.41. The number of benzene rings is 4. The van der Waals surface area contributed by atoms with Gasteiger partial charge in [0.25, 0.3) is 0 Å². The first-order valence-electron chi connectivity index (χ1n) is 16.5. The van der Waals surface area contributed by atoms with Crippen LogP contribution in [0.5, 0.6) is 11.5 Å². The van der Waals surface area contributed by atoms with Gasteiger partial charge in [0, 0.05) is 0 Å². The highest BCUT2D eigenvalue weighted by Gasteiger charge is 2.41. The fourth-order valence-electron chi connectivity index (χ4n) is 8.15. The highest BCUT2D eigenvalue weighted by Crippen LogP contribution is 2.57. The number of methoxy groups -OCH3 is 2. The van der Waals surface area contributed by atoms with Crippen LogP contribution in [0.15, 0.2) is 60.7 Å². The maximum atomic E-state index is 5.83. The molecule has 1 aliphatic carbocycles. The van der Waals surface area contributed by atoms with Gasteiger partial charge >= 0.3 is 0 Å². The molecule has 0 aliphatic heterocycles. The first kappa shape index (κ1) is 33.7. The lowest BCUT2D eigenvalue weighted by Gasteiger charge is -2.38. The molecule has 5 rings (SSSR count). The Hall–Kier alpha value is -2.66. The third kappa shape index (κ3) is 7.04. The molecule has 0 bridgehead atoms. The van der Waals surface area contributed by atoms with E-state index in [0.717, 1.165) is 11.5 Å². The largest absolute Gasteiger partial charge is 0.496 e. The van der Waals surface area contributed by atoms with Crippen molar-refractivity contribution in [3.8, 4) is 11.5 Å². The van der Waals surface area contributed by atoms with Crippen LogP contribution in [-0.2, 0) is 0 Å². The number of ether oxygens (including phenoxy) is 2. The molecule has 1 aliphatic rings. The highest BCUT2D eigenvalue weighted by molar-refractivity contribution is 7.74. The summed E-state index contributed by atoms with van der Waals surface area (Å²) < 4.78 is 11.7. The highest BCUT2D eigenvalue weighted by atomic mass is 31.1. The number of hydrogen-bond donors (Lipinski definition) is 0. The zero-order chi connectivity index (χ0) is 32.6. The second-order valence-corrected chi connectivity index (χ2v) is 18.6. The van der Waals surface area contributed by atoms with Gasteiger partial charge in [0.1, 0.15) is 11.5 Å². The molecule has 0 radical (unpaired) electrons. The predicted octanol–water partition coefficient (Wildman–Crippen LogP) is 9.29. The minimum Gasteiger partial charge on any atom is -0.496 e. The van der Waals surface area contributed by atoms with Gasteiger partial charge < -0.3 is 9.47 Å². The van der Waals surface area contributed by atoms with E-state index in [1.165, 1.54) is 85.0 Å². The van der Waals surface area contributed by atoms with Gasteiger partial charge in [-0.3, -0.25) is 0 Å². The van der Waals surface area contributed by atoms with E-state index in [2.05, 4.69) is 123 Å². The van der Waals surface area contributed by atoms with Crippen LogP contribution in [-0.4, -0.2) is 25.5 Å². The van der Waals surface area contributed by atoms with Gasteiger partial charge in [-0.25, -0.2) is 0 Å². The van der Waals surface area contributed by atoms with Crippen molar-refractivity contribution < 1.29 is 9.47 Å². The van der Waals surface area contributed by atoms with Crippen molar-refractivity contribution in [2.75, 3.05) is 14.2 Å². The van der Waals surface area contributed by atoms with E-state index in [0.29, 0.717) is 17.2 Å². The van der Waals surface area contributed by atoms with E-state index in [1.807, 2.05) is 0 Å². The maximum Gasteiger partial charge on any atom is 0.124 e. The fraction of sp³-hybridized carbons (Fsp3) is 0.415. The van der Waals surface area contributed by atoms with Crippen LogP contribution in [0.2, 0.25) is 0 Å². The molecule has 0 saturated heterocycles. The van der Waals surface area contributed by atoms with Crippen molar-refractivity contribution in [2.45, 2.75) is 92.9 Å². The lowest BCUT2D eigenvalue weighted by molar-refractivity contribution is 0.408. The zero-order valence-electron chi connectivity index (χ0n) is 29.3. The van der Waals surface area contributed by atoms with Crippen LogP contribution in [0.1, 0.15) is 70.7 Å². The Morgan fingerprint density at radius 1 is 0.533 bits per heavy atom. The van der Waals surface area contributed by atoms with Gasteiger partial charge in [0.05, 0.1) is 14.2 Å². The maximum absolute atomic E-state index is 5.83.